The fourth-order valence-electron chi connectivity index (χ4n) is 3.15. The van der Waals surface area contributed by atoms with E-state index in [0.29, 0.717) is 48.4 Å². The van der Waals surface area contributed by atoms with Crippen molar-refractivity contribution in [2.75, 3.05) is 26.3 Å². The Morgan fingerprint density at radius 1 is 1.27 bits per heavy atom. The molecule has 2 aliphatic heterocycles. The fraction of sp³-hybridized carbons (Fsp3) is 0.389. The third kappa shape index (κ3) is 2.90. The number of carboxylic acid groups (broad SMARTS) is 1. The molecular formula is C18H18N2O5S. The van der Waals surface area contributed by atoms with Gasteiger partial charge in [-0.05, 0) is 31.5 Å². The van der Waals surface area contributed by atoms with Crippen LogP contribution in [-0.4, -0.2) is 53.2 Å². The summed E-state index contributed by atoms with van der Waals surface area (Å²) in [6.07, 6.45) is 0.452. The summed E-state index contributed by atoms with van der Waals surface area (Å²) in [6, 6.07) is 5.59. The molecule has 7 nitrogen and oxygen atoms in total. The van der Waals surface area contributed by atoms with Gasteiger partial charge in [-0.2, -0.15) is 0 Å². The number of ether oxygens (including phenoxy) is 2. The van der Waals surface area contributed by atoms with Gasteiger partial charge in [-0.25, -0.2) is 4.98 Å². The van der Waals surface area contributed by atoms with Crippen molar-refractivity contribution in [3.05, 3.63) is 29.3 Å². The van der Waals surface area contributed by atoms with Crippen LogP contribution in [0, 0.1) is 5.41 Å². The van der Waals surface area contributed by atoms with Crippen molar-refractivity contribution in [2.24, 2.45) is 5.41 Å². The molecule has 4 rings (SSSR count). The molecule has 3 heterocycles. The number of carbonyl (C=O) groups excluding carboxylic acids is 1. The summed E-state index contributed by atoms with van der Waals surface area (Å²) in [4.78, 5) is 30.0. The average Bonchev–Trinajstić information content (AvgIpc) is 3.29. The van der Waals surface area contributed by atoms with E-state index in [2.05, 4.69) is 4.98 Å². The molecule has 0 radical (unpaired) electrons. The molecule has 1 aromatic carbocycles. The van der Waals surface area contributed by atoms with E-state index in [1.54, 1.807) is 17.2 Å². The van der Waals surface area contributed by atoms with Crippen molar-refractivity contribution in [1.82, 2.24) is 9.88 Å². The van der Waals surface area contributed by atoms with Gasteiger partial charge in [0, 0.05) is 24.0 Å². The highest BCUT2D eigenvalue weighted by molar-refractivity contribution is 7.13. The third-order valence-electron chi connectivity index (χ3n) is 4.79. The number of amides is 1. The molecule has 1 atom stereocenters. The van der Waals surface area contributed by atoms with Gasteiger partial charge in [-0.15, -0.1) is 11.3 Å². The van der Waals surface area contributed by atoms with Crippen LogP contribution in [0.25, 0.3) is 10.6 Å². The smallest absolute Gasteiger partial charge is 0.311 e. The van der Waals surface area contributed by atoms with Crippen LogP contribution < -0.4 is 9.47 Å². The van der Waals surface area contributed by atoms with E-state index in [4.69, 9.17) is 9.47 Å². The minimum absolute atomic E-state index is 0.206. The van der Waals surface area contributed by atoms with Crippen molar-refractivity contribution < 1.29 is 24.2 Å². The largest absolute Gasteiger partial charge is 0.486 e. The van der Waals surface area contributed by atoms with Gasteiger partial charge in [0.1, 0.15) is 23.9 Å². The second-order valence-electron chi connectivity index (χ2n) is 6.74. The summed E-state index contributed by atoms with van der Waals surface area (Å²) in [7, 11) is 0. The molecule has 136 valence electrons. The number of fused-ring (bicyclic) bond motifs is 1. The van der Waals surface area contributed by atoms with E-state index in [1.165, 1.54) is 11.3 Å². The molecule has 26 heavy (non-hydrogen) atoms. The number of rotatable bonds is 3. The number of hydrogen-bond acceptors (Lipinski definition) is 6. The number of hydrogen-bond donors (Lipinski definition) is 1. The topological polar surface area (TPSA) is 89.0 Å². The average molecular weight is 374 g/mol. The van der Waals surface area contributed by atoms with Gasteiger partial charge in [0.2, 0.25) is 0 Å². The van der Waals surface area contributed by atoms with Gasteiger partial charge in [-0.3, -0.25) is 9.59 Å². The van der Waals surface area contributed by atoms with Crippen LogP contribution in [0.15, 0.2) is 23.6 Å². The number of carboxylic acids is 1. The maximum absolute atomic E-state index is 12.7. The minimum atomic E-state index is -0.885. The van der Waals surface area contributed by atoms with Crippen molar-refractivity contribution in [2.45, 2.75) is 13.3 Å². The first kappa shape index (κ1) is 16.8. The number of aliphatic carboxylic acids is 1. The molecule has 1 saturated heterocycles. The summed E-state index contributed by atoms with van der Waals surface area (Å²) < 4.78 is 11.1. The molecule has 2 aliphatic rings. The van der Waals surface area contributed by atoms with E-state index < -0.39 is 11.4 Å². The third-order valence-corrected chi connectivity index (χ3v) is 5.68. The molecule has 2 aromatic rings. The highest BCUT2D eigenvalue weighted by atomic mass is 32.1. The Morgan fingerprint density at radius 3 is 2.77 bits per heavy atom. The van der Waals surface area contributed by atoms with Gasteiger partial charge in [0.25, 0.3) is 5.91 Å². The lowest BCUT2D eigenvalue weighted by Crippen LogP contribution is -2.35. The Labute approximate surface area is 154 Å². The normalized spacial score (nSPS) is 21.7. The molecule has 1 unspecified atom stereocenters. The Balaban J connectivity index is 1.53. The van der Waals surface area contributed by atoms with E-state index in [0.717, 1.165) is 5.56 Å². The lowest BCUT2D eigenvalue weighted by atomic mass is 9.90. The Bertz CT molecular complexity index is 880. The molecule has 1 N–H and O–H groups in total. The molecule has 0 spiro atoms. The van der Waals surface area contributed by atoms with E-state index in [1.807, 2.05) is 18.2 Å². The number of aromatic nitrogens is 1. The molecular weight excluding hydrogens is 356 g/mol. The Hall–Kier alpha value is -2.61. The molecule has 8 heteroatoms. The molecule has 1 aromatic heterocycles. The first-order chi connectivity index (χ1) is 12.5. The minimum Gasteiger partial charge on any atom is -0.486 e. The van der Waals surface area contributed by atoms with Crippen LogP contribution in [0.3, 0.4) is 0 Å². The summed E-state index contributed by atoms with van der Waals surface area (Å²) in [5, 5.41) is 11.7. The van der Waals surface area contributed by atoms with Crippen molar-refractivity contribution in [3.63, 3.8) is 0 Å². The second kappa shape index (κ2) is 6.28. The molecule has 0 aliphatic carbocycles. The number of likely N-dealkylation sites (tertiary alicyclic amines) is 1. The van der Waals surface area contributed by atoms with Crippen LogP contribution in [0.5, 0.6) is 11.5 Å². The molecule has 0 bridgehead atoms. The van der Waals surface area contributed by atoms with Gasteiger partial charge < -0.3 is 19.5 Å². The number of benzene rings is 1. The van der Waals surface area contributed by atoms with Crippen molar-refractivity contribution in [3.8, 4) is 22.1 Å². The number of carbonyl (C=O) groups is 2. The first-order valence-corrected chi connectivity index (χ1v) is 9.22. The Morgan fingerprint density at radius 2 is 2.04 bits per heavy atom. The van der Waals surface area contributed by atoms with Gasteiger partial charge >= 0.3 is 5.97 Å². The lowest BCUT2D eigenvalue weighted by molar-refractivity contribution is -0.147. The summed E-state index contributed by atoms with van der Waals surface area (Å²) in [5.41, 5.74) is 0.314. The second-order valence-corrected chi connectivity index (χ2v) is 7.60. The maximum Gasteiger partial charge on any atom is 0.311 e. The predicted molar refractivity (Wildman–Crippen MR) is 94.8 cm³/mol. The summed E-state index contributed by atoms with van der Waals surface area (Å²) >= 11 is 1.38. The van der Waals surface area contributed by atoms with Crippen molar-refractivity contribution in [1.29, 1.82) is 0 Å². The standard InChI is InChI=1S/C18H18N2O5S/c1-18(17(22)23)4-5-20(10-18)16(21)12-9-26-15(19-12)11-2-3-13-14(8-11)25-7-6-24-13/h2-3,8-9H,4-7,10H2,1H3,(H,22,23). The van der Waals surface area contributed by atoms with Gasteiger partial charge in [0.05, 0.1) is 5.41 Å². The van der Waals surface area contributed by atoms with Gasteiger partial charge in [0.15, 0.2) is 11.5 Å². The number of nitrogens with zero attached hydrogens (tertiary/aromatic N) is 2. The molecule has 0 saturated carbocycles. The van der Waals surface area contributed by atoms with Crippen LogP contribution in [0.1, 0.15) is 23.8 Å². The van der Waals surface area contributed by atoms with Crippen LogP contribution in [0.4, 0.5) is 0 Å². The lowest BCUT2D eigenvalue weighted by Gasteiger charge is -2.19. The monoisotopic (exact) mass is 374 g/mol. The van der Waals surface area contributed by atoms with Crippen LogP contribution in [0.2, 0.25) is 0 Å². The zero-order chi connectivity index (χ0) is 18.3. The summed E-state index contributed by atoms with van der Waals surface area (Å²) in [6.45, 7) is 3.35. The zero-order valence-electron chi connectivity index (χ0n) is 14.2. The molecule has 1 amide bonds. The fourth-order valence-corrected chi connectivity index (χ4v) is 3.94. The maximum atomic E-state index is 12.7. The van der Waals surface area contributed by atoms with Crippen molar-refractivity contribution >= 4 is 23.2 Å². The Kier molecular flexibility index (Phi) is 4.07. The first-order valence-electron chi connectivity index (χ1n) is 8.34. The summed E-state index contributed by atoms with van der Waals surface area (Å²) in [5.74, 6) is 0.282. The highest BCUT2D eigenvalue weighted by Gasteiger charge is 2.42. The van der Waals surface area contributed by atoms with Crippen LogP contribution >= 0.6 is 11.3 Å². The number of thiazole rings is 1. The molecule has 1 fully saturated rings. The SMILES string of the molecule is CC1(C(=O)O)CCN(C(=O)c2csc(-c3ccc4c(c3)OCCO4)n2)C1. The highest BCUT2D eigenvalue weighted by Crippen LogP contribution is 2.36. The van der Waals surface area contributed by atoms with Gasteiger partial charge in [-0.1, -0.05) is 0 Å². The quantitative estimate of drug-likeness (QED) is 0.888. The van der Waals surface area contributed by atoms with E-state index in [-0.39, 0.29) is 12.5 Å². The van der Waals surface area contributed by atoms with E-state index >= 15 is 0 Å². The van der Waals surface area contributed by atoms with E-state index in [9.17, 15) is 14.7 Å². The zero-order valence-corrected chi connectivity index (χ0v) is 15.0. The predicted octanol–water partition coefficient (Wildman–Crippen LogP) is 2.52. The van der Waals surface area contributed by atoms with Crippen LogP contribution in [-0.2, 0) is 4.79 Å².